The highest BCUT2D eigenvalue weighted by Crippen LogP contribution is 2.48. The number of aromatic nitrogens is 1. The second-order valence-corrected chi connectivity index (χ2v) is 4.64. The number of nitrogens with zero attached hydrogens (tertiary/aromatic N) is 1. The average Bonchev–Trinajstić information content (AvgIpc) is 2.89. The normalized spacial score (nSPS) is 20.5. The van der Waals surface area contributed by atoms with Crippen LogP contribution in [0.2, 0.25) is 0 Å². The number of aliphatic hydroxyl groups excluding tert-OH is 1. The van der Waals surface area contributed by atoms with E-state index in [1.165, 1.54) is 5.56 Å². The van der Waals surface area contributed by atoms with Crippen molar-refractivity contribution >= 4 is 0 Å². The molecule has 0 amide bonds. The molecule has 1 aliphatic rings. The fourth-order valence-corrected chi connectivity index (χ4v) is 1.69. The van der Waals surface area contributed by atoms with Crippen LogP contribution in [-0.4, -0.2) is 16.2 Å². The molecule has 0 aromatic carbocycles. The van der Waals surface area contributed by atoms with Crippen LogP contribution in [0.1, 0.15) is 31.0 Å². The van der Waals surface area contributed by atoms with Gasteiger partial charge in [-0.3, -0.25) is 4.98 Å². The number of aryl methyl sites for hydroxylation is 1. The minimum absolute atomic E-state index is 0.171. The molecule has 2 heteroatoms. The number of rotatable bonds is 3. The molecule has 1 saturated carbocycles. The van der Waals surface area contributed by atoms with Crippen LogP contribution in [0, 0.1) is 12.3 Å². The van der Waals surface area contributed by atoms with Crippen LogP contribution in [0.5, 0.6) is 0 Å². The fraction of sp³-hybridized carbons (Fsp3) is 0.583. The molecule has 2 rings (SSSR count). The Labute approximate surface area is 85.0 Å². The Morgan fingerprint density at radius 3 is 2.86 bits per heavy atom. The first-order valence-electron chi connectivity index (χ1n) is 5.20. The maximum atomic E-state index is 9.99. The smallest absolute Gasteiger partial charge is 0.0649 e. The topological polar surface area (TPSA) is 33.1 Å². The highest BCUT2D eigenvalue weighted by Gasteiger charge is 2.44. The molecule has 0 spiro atoms. The molecular formula is C12H17NO. The van der Waals surface area contributed by atoms with Crippen LogP contribution in [-0.2, 0) is 6.42 Å². The van der Waals surface area contributed by atoms with E-state index in [0.29, 0.717) is 6.42 Å². The van der Waals surface area contributed by atoms with Crippen LogP contribution < -0.4 is 0 Å². The van der Waals surface area contributed by atoms with Gasteiger partial charge in [-0.2, -0.15) is 0 Å². The molecular weight excluding hydrogens is 174 g/mol. The number of pyridine rings is 1. The van der Waals surface area contributed by atoms with Crippen molar-refractivity contribution in [2.24, 2.45) is 5.41 Å². The summed E-state index contributed by atoms with van der Waals surface area (Å²) < 4.78 is 0. The van der Waals surface area contributed by atoms with E-state index in [1.54, 1.807) is 6.20 Å². The third-order valence-corrected chi connectivity index (χ3v) is 3.35. The minimum atomic E-state index is -0.226. The first-order chi connectivity index (χ1) is 6.62. The Morgan fingerprint density at radius 1 is 1.57 bits per heavy atom. The molecule has 0 radical (unpaired) electrons. The minimum Gasteiger partial charge on any atom is -0.392 e. The van der Waals surface area contributed by atoms with Gasteiger partial charge in [-0.05, 0) is 36.8 Å². The maximum Gasteiger partial charge on any atom is 0.0649 e. The lowest BCUT2D eigenvalue weighted by Gasteiger charge is -2.17. The van der Waals surface area contributed by atoms with Gasteiger partial charge in [0.2, 0.25) is 0 Å². The van der Waals surface area contributed by atoms with Gasteiger partial charge in [0.05, 0.1) is 6.10 Å². The van der Waals surface area contributed by atoms with Crippen molar-refractivity contribution < 1.29 is 5.11 Å². The largest absolute Gasteiger partial charge is 0.392 e. The van der Waals surface area contributed by atoms with Crippen LogP contribution in [0.4, 0.5) is 0 Å². The van der Waals surface area contributed by atoms with E-state index in [2.05, 4.69) is 11.9 Å². The van der Waals surface area contributed by atoms with Gasteiger partial charge in [-0.15, -0.1) is 0 Å². The van der Waals surface area contributed by atoms with Gasteiger partial charge in [-0.25, -0.2) is 0 Å². The zero-order valence-corrected chi connectivity index (χ0v) is 8.83. The van der Waals surface area contributed by atoms with Crippen molar-refractivity contribution in [2.45, 2.75) is 39.2 Å². The van der Waals surface area contributed by atoms with Crippen LogP contribution in [0.15, 0.2) is 18.3 Å². The van der Waals surface area contributed by atoms with Crippen LogP contribution >= 0.6 is 0 Å². The zero-order chi connectivity index (χ0) is 10.2. The highest BCUT2D eigenvalue weighted by atomic mass is 16.3. The summed E-state index contributed by atoms with van der Waals surface area (Å²) in [6.45, 7) is 4.19. The Hall–Kier alpha value is -0.890. The fourth-order valence-electron chi connectivity index (χ4n) is 1.69. The lowest BCUT2D eigenvalue weighted by Crippen LogP contribution is -2.22. The number of hydrogen-bond donors (Lipinski definition) is 1. The van der Waals surface area contributed by atoms with Gasteiger partial charge in [0.25, 0.3) is 0 Å². The van der Waals surface area contributed by atoms with E-state index in [0.717, 1.165) is 18.5 Å². The van der Waals surface area contributed by atoms with E-state index >= 15 is 0 Å². The van der Waals surface area contributed by atoms with E-state index in [4.69, 9.17) is 0 Å². The highest BCUT2D eigenvalue weighted by molar-refractivity contribution is 5.19. The van der Waals surface area contributed by atoms with E-state index < -0.39 is 0 Å². The molecule has 1 N–H and O–H groups in total. The summed E-state index contributed by atoms with van der Waals surface area (Å²) >= 11 is 0. The second kappa shape index (κ2) is 3.35. The maximum absolute atomic E-state index is 9.99. The van der Waals surface area contributed by atoms with Crippen molar-refractivity contribution in [1.82, 2.24) is 4.98 Å². The molecule has 1 fully saturated rings. The van der Waals surface area contributed by atoms with Crippen molar-refractivity contribution in [1.29, 1.82) is 0 Å². The Balaban J connectivity index is 2.07. The summed E-state index contributed by atoms with van der Waals surface area (Å²) in [5.74, 6) is 0. The van der Waals surface area contributed by atoms with Gasteiger partial charge in [0.15, 0.2) is 0 Å². The predicted molar refractivity (Wildman–Crippen MR) is 56.0 cm³/mol. The molecule has 1 atom stereocenters. The zero-order valence-electron chi connectivity index (χ0n) is 8.83. The predicted octanol–water partition coefficient (Wildman–Crippen LogP) is 2.09. The summed E-state index contributed by atoms with van der Waals surface area (Å²) in [5, 5.41) is 9.99. The van der Waals surface area contributed by atoms with Gasteiger partial charge in [0, 0.05) is 18.3 Å². The first kappa shape index (κ1) is 9.66. The third-order valence-electron chi connectivity index (χ3n) is 3.35. The molecule has 1 unspecified atom stereocenters. The summed E-state index contributed by atoms with van der Waals surface area (Å²) in [6, 6.07) is 3.98. The summed E-state index contributed by atoms with van der Waals surface area (Å²) in [7, 11) is 0. The lowest BCUT2D eigenvalue weighted by molar-refractivity contribution is 0.102. The molecule has 14 heavy (non-hydrogen) atoms. The van der Waals surface area contributed by atoms with Crippen molar-refractivity contribution in [3.8, 4) is 0 Å². The molecule has 76 valence electrons. The molecule has 0 saturated heterocycles. The summed E-state index contributed by atoms with van der Waals surface area (Å²) in [6.07, 6.45) is 4.57. The quantitative estimate of drug-likeness (QED) is 0.793. The van der Waals surface area contributed by atoms with Gasteiger partial charge in [0.1, 0.15) is 0 Å². The summed E-state index contributed by atoms with van der Waals surface area (Å²) in [4.78, 5) is 4.30. The van der Waals surface area contributed by atoms with Gasteiger partial charge in [-0.1, -0.05) is 13.0 Å². The molecule has 1 aromatic heterocycles. The van der Waals surface area contributed by atoms with Gasteiger partial charge < -0.3 is 5.11 Å². The summed E-state index contributed by atoms with van der Waals surface area (Å²) in [5.41, 5.74) is 2.38. The first-order valence-corrected chi connectivity index (χ1v) is 5.20. The molecule has 1 heterocycles. The lowest BCUT2D eigenvalue weighted by atomic mass is 9.96. The molecule has 1 aromatic rings. The molecule has 1 aliphatic carbocycles. The van der Waals surface area contributed by atoms with Crippen LogP contribution in [0.3, 0.4) is 0 Å². The van der Waals surface area contributed by atoms with E-state index in [9.17, 15) is 5.11 Å². The monoisotopic (exact) mass is 191 g/mol. The SMILES string of the molecule is Cc1cccnc1CC(O)C1(C)CC1. The Morgan fingerprint density at radius 2 is 2.29 bits per heavy atom. The standard InChI is InChI=1S/C12H17NO/c1-9-4-3-7-13-10(9)8-11(14)12(2)5-6-12/h3-4,7,11,14H,5-6,8H2,1-2H3. The molecule has 0 bridgehead atoms. The molecule has 0 aliphatic heterocycles. The van der Waals surface area contributed by atoms with Crippen molar-refractivity contribution in [3.05, 3.63) is 29.6 Å². The average molecular weight is 191 g/mol. The van der Waals surface area contributed by atoms with Crippen molar-refractivity contribution in [3.63, 3.8) is 0 Å². The Kier molecular flexibility index (Phi) is 2.31. The Bertz CT molecular complexity index is 331. The van der Waals surface area contributed by atoms with Gasteiger partial charge >= 0.3 is 0 Å². The van der Waals surface area contributed by atoms with E-state index in [1.807, 2.05) is 19.1 Å². The third kappa shape index (κ3) is 1.80. The number of aliphatic hydroxyl groups is 1. The van der Waals surface area contributed by atoms with E-state index in [-0.39, 0.29) is 11.5 Å². The van der Waals surface area contributed by atoms with Crippen LogP contribution in [0.25, 0.3) is 0 Å². The molecule has 2 nitrogen and oxygen atoms in total. The van der Waals surface area contributed by atoms with Crippen molar-refractivity contribution in [2.75, 3.05) is 0 Å². The number of hydrogen-bond acceptors (Lipinski definition) is 2. The second-order valence-electron chi connectivity index (χ2n) is 4.64.